The van der Waals surface area contributed by atoms with E-state index in [2.05, 4.69) is 34.5 Å². The van der Waals surface area contributed by atoms with Crippen molar-refractivity contribution in [2.45, 2.75) is 26.2 Å². The Morgan fingerprint density at radius 1 is 1.26 bits per heavy atom. The zero-order valence-corrected chi connectivity index (χ0v) is 14.3. The van der Waals surface area contributed by atoms with Crippen molar-refractivity contribution in [3.05, 3.63) is 29.8 Å². The highest BCUT2D eigenvalue weighted by molar-refractivity contribution is 5.82. The van der Waals surface area contributed by atoms with E-state index in [0.29, 0.717) is 26.1 Å². The van der Waals surface area contributed by atoms with Crippen LogP contribution in [0.15, 0.2) is 24.3 Å². The van der Waals surface area contributed by atoms with Gasteiger partial charge in [-0.1, -0.05) is 12.1 Å². The van der Waals surface area contributed by atoms with Gasteiger partial charge in [0.05, 0.1) is 5.92 Å². The van der Waals surface area contributed by atoms with Crippen molar-refractivity contribution in [1.29, 1.82) is 0 Å². The molecule has 126 valence electrons. The van der Waals surface area contributed by atoms with Crippen LogP contribution in [0.1, 0.15) is 25.3 Å². The van der Waals surface area contributed by atoms with Gasteiger partial charge in [0.2, 0.25) is 11.8 Å². The van der Waals surface area contributed by atoms with Crippen molar-refractivity contribution in [3.8, 4) is 0 Å². The molecule has 0 aromatic heterocycles. The van der Waals surface area contributed by atoms with Crippen LogP contribution in [0.5, 0.6) is 0 Å². The SMILES string of the molecule is CCNC(=O)[C@@H]1CCN(C(=O)CCc2ccc(N(C)C)cc2)C1. The Bertz CT molecular complexity index is 540. The predicted octanol–water partition coefficient (Wildman–Crippen LogP) is 1.67. The van der Waals surface area contributed by atoms with Gasteiger partial charge in [-0.15, -0.1) is 0 Å². The Morgan fingerprint density at radius 2 is 1.96 bits per heavy atom. The number of carbonyl (C=O) groups excluding carboxylic acids is 2. The van der Waals surface area contributed by atoms with Gasteiger partial charge in [0.25, 0.3) is 0 Å². The molecule has 0 saturated carbocycles. The van der Waals surface area contributed by atoms with Gasteiger partial charge in [-0.05, 0) is 37.5 Å². The molecule has 0 unspecified atom stereocenters. The third-order valence-corrected chi connectivity index (χ3v) is 4.34. The van der Waals surface area contributed by atoms with E-state index in [1.54, 1.807) is 0 Å². The predicted molar refractivity (Wildman–Crippen MR) is 92.5 cm³/mol. The molecule has 2 rings (SSSR count). The molecular formula is C18H27N3O2. The van der Waals surface area contributed by atoms with E-state index in [-0.39, 0.29) is 17.7 Å². The van der Waals surface area contributed by atoms with Gasteiger partial charge in [-0.2, -0.15) is 0 Å². The standard InChI is InChI=1S/C18H27N3O2/c1-4-19-18(23)15-11-12-21(13-15)17(22)10-7-14-5-8-16(9-6-14)20(2)3/h5-6,8-9,15H,4,7,10-13H2,1-3H3,(H,19,23)/t15-/m1/s1. The fourth-order valence-corrected chi connectivity index (χ4v) is 2.89. The summed E-state index contributed by atoms with van der Waals surface area (Å²) in [4.78, 5) is 28.0. The number of rotatable bonds is 6. The van der Waals surface area contributed by atoms with Crippen molar-refractivity contribution < 1.29 is 9.59 Å². The van der Waals surface area contributed by atoms with E-state index in [4.69, 9.17) is 0 Å². The quantitative estimate of drug-likeness (QED) is 0.868. The maximum Gasteiger partial charge on any atom is 0.224 e. The molecule has 23 heavy (non-hydrogen) atoms. The highest BCUT2D eigenvalue weighted by atomic mass is 16.2. The number of hydrogen-bond donors (Lipinski definition) is 1. The Labute approximate surface area is 138 Å². The van der Waals surface area contributed by atoms with E-state index in [1.165, 1.54) is 5.56 Å². The molecule has 1 heterocycles. The molecular weight excluding hydrogens is 290 g/mol. The smallest absolute Gasteiger partial charge is 0.224 e. The number of likely N-dealkylation sites (tertiary alicyclic amines) is 1. The van der Waals surface area contributed by atoms with E-state index >= 15 is 0 Å². The molecule has 1 aliphatic heterocycles. The first kappa shape index (κ1) is 17.3. The van der Waals surface area contributed by atoms with Gasteiger partial charge < -0.3 is 15.1 Å². The normalized spacial score (nSPS) is 17.2. The van der Waals surface area contributed by atoms with Crippen LogP contribution in [0.3, 0.4) is 0 Å². The first-order valence-corrected chi connectivity index (χ1v) is 8.33. The summed E-state index contributed by atoms with van der Waals surface area (Å²) >= 11 is 0. The molecule has 0 bridgehead atoms. The zero-order chi connectivity index (χ0) is 16.8. The summed E-state index contributed by atoms with van der Waals surface area (Å²) in [7, 11) is 4.02. The summed E-state index contributed by atoms with van der Waals surface area (Å²) in [5, 5.41) is 2.84. The van der Waals surface area contributed by atoms with Crippen LogP contribution in [-0.2, 0) is 16.0 Å². The number of nitrogens with zero attached hydrogens (tertiary/aromatic N) is 2. The number of amides is 2. The minimum atomic E-state index is -0.0433. The second kappa shape index (κ2) is 7.99. The number of benzene rings is 1. The van der Waals surface area contributed by atoms with Crippen LogP contribution < -0.4 is 10.2 Å². The average Bonchev–Trinajstić information content (AvgIpc) is 3.03. The zero-order valence-electron chi connectivity index (χ0n) is 14.3. The van der Waals surface area contributed by atoms with Crippen LogP contribution in [0, 0.1) is 5.92 Å². The lowest BCUT2D eigenvalue weighted by molar-refractivity contribution is -0.130. The van der Waals surface area contributed by atoms with Gasteiger partial charge in [-0.3, -0.25) is 9.59 Å². The van der Waals surface area contributed by atoms with Crippen LogP contribution in [-0.4, -0.2) is 50.4 Å². The summed E-state index contributed by atoms with van der Waals surface area (Å²) < 4.78 is 0. The van der Waals surface area contributed by atoms with Crippen molar-refractivity contribution in [2.75, 3.05) is 38.6 Å². The van der Waals surface area contributed by atoms with Gasteiger partial charge in [-0.25, -0.2) is 0 Å². The molecule has 1 fully saturated rings. The van der Waals surface area contributed by atoms with E-state index in [1.807, 2.05) is 25.9 Å². The van der Waals surface area contributed by atoms with E-state index in [0.717, 1.165) is 18.5 Å². The van der Waals surface area contributed by atoms with Crippen molar-refractivity contribution in [3.63, 3.8) is 0 Å². The van der Waals surface area contributed by atoms with E-state index in [9.17, 15) is 9.59 Å². The third-order valence-electron chi connectivity index (χ3n) is 4.34. The first-order chi connectivity index (χ1) is 11.0. The topological polar surface area (TPSA) is 52.7 Å². The van der Waals surface area contributed by atoms with Gasteiger partial charge in [0, 0.05) is 45.8 Å². The van der Waals surface area contributed by atoms with Crippen LogP contribution >= 0.6 is 0 Å². The minimum Gasteiger partial charge on any atom is -0.378 e. The molecule has 1 aromatic carbocycles. The molecule has 5 heteroatoms. The average molecular weight is 317 g/mol. The number of anilines is 1. The van der Waals surface area contributed by atoms with Crippen LogP contribution in [0.25, 0.3) is 0 Å². The Balaban J connectivity index is 1.80. The van der Waals surface area contributed by atoms with Crippen LogP contribution in [0.2, 0.25) is 0 Å². The summed E-state index contributed by atoms with van der Waals surface area (Å²) in [6.45, 7) is 3.81. The molecule has 1 atom stereocenters. The molecule has 0 radical (unpaired) electrons. The lowest BCUT2D eigenvalue weighted by atomic mass is 10.1. The molecule has 5 nitrogen and oxygen atoms in total. The number of nitrogens with one attached hydrogen (secondary N) is 1. The number of carbonyl (C=O) groups is 2. The summed E-state index contributed by atoms with van der Waals surface area (Å²) in [6.07, 6.45) is 2.02. The fraction of sp³-hybridized carbons (Fsp3) is 0.556. The molecule has 1 saturated heterocycles. The monoisotopic (exact) mass is 317 g/mol. The third kappa shape index (κ3) is 4.71. The Hall–Kier alpha value is -2.04. The first-order valence-electron chi connectivity index (χ1n) is 8.33. The molecule has 2 amide bonds. The summed E-state index contributed by atoms with van der Waals surface area (Å²) in [5.41, 5.74) is 2.33. The summed E-state index contributed by atoms with van der Waals surface area (Å²) in [5.74, 6) is 0.175. The molecule has 0 spiro atoms. The van der Waals surface area contributed by atoms with Gasteiger partial charge in [0.1, 0.15) is 0 Å². The molecule has 0 aliphatic carbocycles. The summed E-state index contributed by atoms with van der Waals surface area (Å²) in [6, 6.07) is 8.29. The second-order valence-corrected chi connectivity index (χ2v) is 6.28. The van der Waals surface area contributed by atoms with Gasteiger partial charge >= 0.3 is 0 Å². The number of hydrogen-bond acceptors (Lipinski definition) is 3. The maximum atomic E-state index is 12.3. The number of aryl methyl sites for hydroxylation is 1. The van der Waals surface area contributed by atoms with Crippen LogP contribution in [0.4, 0.5) is 5.69 Å². The molecule has 1 aliphatic rings. The Kier molecular flexibility index (Phi) is 6.02. The van der Waals surface area contributed by atoms with Crippen molar-refractivity contribution in [1.82, 2.24) is 10.2 Å². The molecule has 1 aromatic rings. The second-order valence-electron chi connectivity index (χ2n) is 6.28. The lowest BCUT2D eigenvalue weighted by Gasteiger charge is -2.17. The molecule has 1 N–H and O–H groups in total. The maximum absolute atomic E-state index is 12.3. The minimum absolute atomic E-state index is 0.0433. The largest absolute Gasteiger partial charge is 0.378 e. The highest BCUT2D eigenvalue weighted by Crippen LogP contribution is 2.18. The van der Waals surface area contributed by atoms with Crippen molar-refractivity contribution in [2.24, 2.45) is 5.92 Å². The van der Waals surface area contributed by atoms with Crippen molar-refractivity contribution >= 4 is 17.5 Å². The van der Waals surface area contributed by atoms with E-state index < -0.39 is 0 Å². The fourth-order valence-electron chi connectivity index (χ4n) is 2.89. The lowest BCUT2D eigenvalue weighted by Crippen LogP contribution is -2.34. The Morgan fingerprint density at radius 3 is 2.57 bits per heavy atom. The highest BCUT2D eigenvalue weighted by Gasteiger charge is 2.30. The van der Waals surface area contributed by atoms with Gasteiger partial charge in [0.15, 0.2) is 0 Å².